The molecule has 4 nitrogen and oxygen atoms in total. The molecule has 0 unspecified atom stereocenters. The van der Waals surface area contributed by atoms with E-state index in [2.05, 4.69) is 56.0 Å². The molecule has 1 N–H and O–H groups in total. The average Bonchev–Trinajstić information content (AvgIpc) is 2.99. The van der Waals surface area contributed by atoms with E-state index in [-0.39, 0.29) is 18.1 Å². The second-order valence-corrected chi connectivity index (χ2v) is 6.87. The van der Waals surface area contributed by atoms with Crippen LogP contribution < -0.4 is 0 Å². The predicted octanol–water partition coefficient (Wildman–Crippen LogP) is 6.64. The van der Waals surface area contributed by atoms with Crippen LogP contribution in [0.5, 0.6) is 0 Å². The molecule has 1 rings (SSSR count). The molecule has 0 aromatic carbocycles. The molecule has 1 aliphatic heterocycles. The fourth-order valence-electron chi connectivity index (χ4n) is 2.77. The van der Waals surface area contributed by atoms with Crippen LogP contribution in [0.4, 0.5) is 0 Å². The fraction of sp³-hybridized carbons (Fsp3) is 0.480. The summed E-state index contributed by atoms with van der Waals surface area (Å²) in [4.78, 5) is 11.6. The molecule has 0 radical (unpaired) electrons. The first-order valence-electron chi connectivity index (χ1n) is 10.7. The third-order valence-corrected chi connectivity index (χ3v) is 4.37. The SMILES string of the molecule is C=CCOC1=C(O)[C@@H](CC/C=C\C/C=C\C/C=C\C/C=C\CCCCC)OC1=O. The summed E-state index contributed by atoms with van der Waals surface area (Å²) in [5, 5.41) is 10.00. The Morgan fingerprint density at radius 1 is 0.966 bits per heavy atom. The normalized spacial score (nSPS) is 17.4. The first-order valence-corrected chi connectivity index (χ1v) is 10.7. The second-order valence-electron chi connectivity index (χ2n) is 6.87. The van der Waals surface area contributed by atoms with Crippen molar-refractivity contribution in [3.05, 3.63) is 72.8 Å². The molecule has 0 spiro atoms. The Hall–Kier alpha value is -2.49. The van der Waals surface area contributed by atoms with Crippen LogP contribution in [0.3, 0.4) is 0 Å². The van der Waals surface area contributed by atoms with E-state index >= 15 is 0 Å². The lowest BCUT2D eigenvalue weighted by atomic mass is 10.1. The van der Waals surface area contributed by atoms with Crippen molar-refractivity contribution in [3.63, 3.8) is 0 Å². The van der Waals surface area contributed by atoms with Gasteiger partial charge in [0.2, 0.25) is 5.76 Å². The van der Waals surface area contributed by atoms with Gasteiger partial charge in [-0.3, -0.25) is 0 Å². The molecule has 4 heteroatoms. The van der Waals surface area contributed by atoms with Crippen molar-refractivity contribution in [1.82, 2.24) is 0 Å². The Bertz CT molecular complexity index is 623. The highest BCUT2D eigenvalue weighted by Gasteiger charge is 2.35. The zero-order valence-electron chi connectivity index (χ0n) is 17.7. The van der Waals surface area contributed by atoms with Crippen molar-refractivity contribution >= 4 is 5.97 Å². The molecule has 0 saturated carbocycles. The lowest BCUT2D eigenvalue weighted by molar-refractivity contribution is -0.143. The number of allylic oxidation sites excluding steroid dienone is 8. The van der Waals surface area contributed by atoms with Gasteiger partial charge in [-0.15, -0.1) is 0 Å². The first-order chi connectivity index (χ1) is 14.2. The molecular formula is C25H36O4. The summed E-state index contributed by atoms with van der Waals surface area (Å²) in [6.45, 7) is 5.90. The van der Waals surface area contributed by atoms with Gasteiger partial charge in [0.1, 0.15) is 6.61 Å². The van der Waals surface area contributed by atoms with Gasteiger partial charge in [0.05, 0.1) is 0 Å². The monoisotopic (exact) mass is 400 g/mol. The third kappa shape index (κ3) is 11.2. The standard InChI is InChI=1S/C25H36O4/c1-3-5-6-7-8-9-10-11-12-13-14-15-16-17-18-19-20-22-23(26)24(25(27)29-22)28-21-4-2/h4,8-9,11-12,14-15,17-18,22,26H,2-3,5-7,10,13,16,19-21H2,1H3/b9-8-,12-11-,15-14-,18-17-/t22-/m1/s1. The Morgan fingerprint density at radius 3 is 2.14 bits per heavy atom. The quantitative estimate of drug-likeness (QED) is 0.179. The maximum absolute atomic E-state index is 11.6. The van der Waals surface area contributed by atoms with E-state index in [1.165, 1.54) is 31.8 Å². The van der Waals surface area contributed by atoms with Gasteiger partial charge in [-0.25, -0.2) is 4.79 Å². The number of hydrogen-bond donors (Lipinski definition) is 1. The lowest BCUT2D eigenvalue weighted by Crippen LogP contribution is -2.10. The van der Waals surface area contributed by atoms with E-state index in [9.17, 15) is 9.90 Å². The van der Waals surface area contributed by atoms with Crippen LogP contribution in [0, 0.1) is 0 Å². The number of esters is 1. The highest BCUT2D eigenvalue weighted by molar-refractivity contribution is 5.89. The van der Waals surface area contributed by atoms with Gasteiger partial charge in [-0.1, -0.05) is 81.0 Å². The first kappa shape index (κ1) is 24.5. The number of unbranched alkanes of at least 4 members (excludes halogenated alkanes) is 3. The van der Waals surface area contributed by atoms with E-state index in [1.54, 1.807) is 0 Å². The zero-order valence-corrected chi connectivity index (χ0v) is 17.7. The smallest absolute Gasteiger partial charge is 0.378 e. The molecule has 1 heterocycles. The van der Waals surface area contributed by atoms with E-state index in [4.69, 9.17) is 9.47 Å². The lowest BCUT2D eigenvalue weighted by Gasteiger charge is -2.07. The molecular weight excluding hydrogens is 364 g/mol. The van der Waals surface area contributed by atoms with Gasteiger partial charge in [-0.05, 0) is 44.9 Å². The summed E-state index contributed by atoms with van der Waals surface area (Å²) in [5.74, 6) is -0.823. The van der Waals surface area contributed by atoms with E-state index in [1.807, 2.05) is 6.08 Å². The molecule has 1 aliphatic rings. The molecule has 0 aromatic heterocycles. The van der Waals surface area contributed by atoms with Crippen molar-refractivity contribution in [2.24, 2.45) is 0 Å². The van der Waals surface area contributed by atoms with E-state index in [0.29, 0.717) is 6.42 Å². The number of rotatable bonds is 16. The van der Waals surface area contributed by atoms with Crippen LogP contribution in [-0.2, 0) is 14.3 Å². The number of carbonyl (C=O) groups is 1. The number of cyclic esters (lactones) is 1. The zero-order chi connectivity index (χ0) is 21.2. The van der Waals surface area contributed by atoms with Crippen LogP contribution in [0.1, 0.15) is 64.7 Å². The highest BCUT2D eigenvalue weighted by Crippen LogP contribution is 2.25. The van der Waals surface area contributed by atoms with Gasteiger partial charge >= 0.3 is 5.97 Å². The summed E-state index contributed by atoms with van der Waals surface area (Å²) < 4.78 is 10.3. The molecule has 0 aliphatic carbocycles. The summed E-state index contributed by atoms with van der Waals surface area (Å²) in [6.07, 6.45) is 27.3. The minimum Gasteiger partial charge on any atom is -0.505 e. The van der Waals surface area contributed by atoms with Crippen LogP contribution in [0.15, 0.2) is 72.8 Å². The van der Waals surface area contributed by atoms with Gasteiger partial charge in [0, 0.05) is 0 Å². The number of aliphatic hydroxyl groups is 1. The Labute approximate surface area is 176 Å². The average molecular weight is 401 g/mol. The maximum atomic E-state index is 11.6. The van der Waals surface area contributed by atoms with Gasteiger partial charge in [-0.2, -0.15) is 0 Å². The van der Waals surface area contributed by atoms with Crippen LogP contribution in [0.25, 0.3) is 0 Å². The number of ether oxygens (including phenoxy) is 2. The summed E-state index contributed by atoms with van der Waals surface area (Å²) in [6, 6.07) is 0. The number of aliphatic hydroxyl groups excluding tert-OH is 1. The molecule has 160 valence electrons. The van der Waals surface area contributed by atoms with Crippen LogP contribution in [-0.4, -0.2) is 23.8 Å². The van der Waals surface area contributed by atoms with Crippen molar-refractivity contribution in [3.8, 4) is 0 Å². The Kier molecular flexibility index (Phi) is 13.9. The third-order valence-electron chi connectivity index (χ3n) is 4.37. The maximum Gasteiger partial charge on any atom is 0.378 e. The van der Waals surface area contributed by atoms with Crippen LogP contribution in [0.2, 0.25) is 0 Å². The van der Waals surface area contributed by atoms with E-state index in [0.717, 1.165) is 25.7 Å². The molecule has 0 saturated heterocycles. The molecule has 0 fully saturated rings. The van der Waals surface area contributed by atoms with Gasteiger partial charge in [0.25, 0.3) is 0 Å². The largest absolute Gasteiger partial charge is 0.505 e. The van der Waals surface area contributed by atoms with Crippen molar-refractivity contribution in [2.75, 3.05) is 6.61 Å². The van der Waals surface area contributed by atoms with Gasteiger partial charge < -0.3 is 14.6 Å². The van der Waals surface area contributed by atoms with E-state index < -0.39 is 12.1 Å². The highest BCUT2D eigenvalue weighted by atomic mass is 16.6. The Morgan fingerprint density at radius 2 is 1.55 bits per heavy atom. The summed E-state index contributed by atoms with van der Waals surface area (Å²) in [7, 11) is 0. The Balaban J connectivity index is 2.10. The predicted molar refractivity (Wildman–Crippen MR) is 119 cm³/mol. The fourth-order valence-corrected chi connectivity index (χ4v) is 2.77. The van der Waals surface area contributed by atoms with Crippen molar-refractivity contribution in [2.45, 2.75) is 70.8 Å². The van der Waals surface area contributed by atoms with Gasteiger partial charge in [0.15, 0.2) is 11.9 Å². The minimum atomic E-state index is -0.617. The number of carbonyl (C=O) groups excluding carboxylic acids is 1. The second kappa shape index (κ2) is 16.5. The summed E-state index contributed by atoms with van der Waals surface area (Å²) in [5.41, 5.74) is 0. The minimum absolute atomic E-state index is 0.0955. The molecule has 1 atom stereocenters. The van der Waals surface area contributed by atoms with Crippen LogP contribution >= 0.6 is 0 Å². The van der Waals surface area contributed by atoms with Crippen molar-refractivity contribution < 1.29 is 19.4 Å². The molecule has 0 amide bonds. The van der Waals surface area contributed by atoms with Crippen molar-refractivity contribution in [1.29, 1.82) is 0 Å². The molecule has 0 aromatic rings. The number of hydrogen-bond acceptors (Lipinski definition) is 4. The topological polar surface area (TPSA) is 55.8 Å². The summed E-state index contributed by atoms with van der Waals surface area (Å²) >= 11 is 0. The molecule has 0 bridgehead atoms. The molecule has 29 heavy (non-hydrogen) atoms.